The minimum atomic E-state index is 0.150. The third-order valence-electron chi connectivity index (χ3n) is 3.52. The maximum absolute atomic E-state index is 12.3. The number of hydrogen-bond acceptors (Lipinski definition) is 2. The molecule has 0 spiro atoms. The number of halogens is 2. The fourth-order valence-electron chi connectivity index (χ4n) is 2.40. The van der Waals surface area contributed by atoms with Crippen molar-refractivity contribution in [3.63, 3.8) is 0 Å². The summed E-state index contributed by atoms with van der Waals surface area (Å²) in [5.74, 6) is 0.150. The molecule has 0 N–H and O–H groups in total. The third kappa shape index (κ3) is 4.47. The molecule has 20 heavy (non-hydrogen) atoms. The zero-order valence-electron chi connectivity index (χ0n) is 11.4. The Bertz CT molecular complexity index is 447. The van der Waals surface area contributed by atoms with E-state index in [2.05, 4.69) is 15.9 Å². The van der Waals surface area contributed by atoms with Crippen LogP contribution in [0.1, 0.15) is 18.4 Å². The van der Waals surface area contributed by atoms with Gasteiger partial charge in [0.1, 0.15) is 0 Å². The lowest BCUT2D eigenvalue weighted by Crippen LogP contribution is -2.41. The van der Waals surface area contributed by atoms with E-state index < -0.39 is 0 Å². The maximum Gasteiger partial charge on any atom is 0.227 e. The Morgan fingerprint density at radius 2 is 2.05 bits per heavy atom. The van der Waals surface area contributed by atoms with Gasteiger partial charge in [-0.2, -0.15) is 0 Å². The van der Waals surface area contributed by atoms with E-state index in [1.54, 1.807) is 0 Å². The van der Waals surface area contributed by atoms with E-state index in [1.165, 1.54) is 0 Å². The van der Waals surface area contributed by atoms with Gasteiger partial charge in [0, 0.05) is 23.4 Å². The first kappa shape index (κ1) is 15.8. The van der Waals surface area contributed by atoms with Crippen LogP contribution in [0.2, 0.25) is 5.02 Å². The molecule has 0 aliphatic carbocycles. The lowest BCUT2D eigenvalue weighted by atomic mass is 10.1. The fourth-order valence-corrected chi connectivity index (χ4v) is 2.79. The summed E-state index contributed by atoms with van der Waals surface area (Å²) in [4.78, 5) is 14.2. The number of piperidine rings is 1. The van der Waals surface area contributed by atoms with Crippen LogP contribution >= 0.6 is 27.5 Å². The number of carbonyl (C=O) groups is 1. The molecule has 1 saturated heterocycles. The first-order valence-corrected chi connectivity index (χ1v) is 8.39. The van der Waals surface area contributed by atoms with Crippen LogP contribution in [0.3, 0.4) is 0 Å². The van der Waals surface area contributed by atoms with E-state index in [9.17, 15) is 4.79 Å². The summed E-state index contributed by atoms with van der Waals surface area (Å²) in [6.07, 6.45) is 2.51. The summed E-state index contributed by atoms with van der Waals surface area (Å²) < 4.78 is 5.69. The van der Waals surface area contributed by atoms with Crippen molar-refractivity contribution in [1.82, 2.24) is 4.90 Å². The predicted octanol–water partition coefficient (Wildman–Crippen LogP) is 3.29. The number of ether oxygens (including phenoxy) is 1. The van der Waals surface area contributed by atoms with E-state index in [0.717, 1.165) is 43.4 Å². The number of benzene rings is 1. The van der Waals surface area contributed by atoms with Crippen molar-refractivity contribution in [3.8, 4) is 0 Å². The first-order chi connectivity index (χ1) is 9.70. The molecule has 1 aromatic rings. The number of nitrogens with zero attached hydrogens (tertiary/aromatic N) is 1. The van der Waals surface area contributed by atoms with Gasteiger partial charge < -0.3 is 9.64 Å². The summed E-state index contributed by atoms with van der Waals surface area (Å²) in [6.45, 7) is 2.28. The van der Waals surface area contributed by atoms with Gasteiger partial charge in [-0.25, -0.2) is 0 Å². The molecular formula is C15H19BrClNO2. The van der Waals surface area contributed by atoms with Crippen molar-refractivity contribution in [2.24, 2.45) is 0 Å². The van der Waals surface area contributed by atoms with Gasteiger partial charge >= 0.3 is 0 Å². The quantitative estimate of drug-likeness (QED) is 0.754. The summed E-state index contributed by atoms with van der Waals surface area (Å²) in [7, 11) is 0. The van der Waals surface area contributed by atoms with Gasteiger partial charge in [0.15, 0.2) is 0 Å². The number of carbonyl (C=O) groups excluding carboxylic acids is 1. The molecule has 1 aliphatic heterocycles. The standard InChI is InChI=1S/C15H19BrClNO2/c16-7-10-20-13-5-8-18(9-6-13)15(19)11-12-3-1-2-4-14(12)17/h1-4,13H,5-11H2. The van der Waals surface area contributed by atoms with Crippen molar-refractivity contribution in [2.45, 2.75) is 25.4 Å². The molecule has 110 valence electrons. The van der Waals surface area contributed by atoms with Crippen molar-refractivity contribution in [1.29, 1.82) is 0 Å². The lowest BCUT2D eigenvalue weighted by Gasteiger charge is -2.32. The van der Waals surface area contributed by atoms with Crippen LogP contribution in [0.15, 0.2) is 24.3 Å². The number of rotatable bonds is 5. The number of alkyl halides is 1. The molecule has 0 atom stereocenters. The summed E-state index contributed by atoms with van der Waals surface area (Å²) in [5.41, 5.74) is 0.900. The van der Waals surface area contributed by atoms with Crippen LogP contribution in [0, 0.1) is 0 Å². The summed E-state index contributed by atoms with van der Waals surface area (Å²) in [6, 6.07) is 7.52. The molecule has 1 heterocycles. The highest BCUT2D eigenvalue weighted by Gasteiger charge is 2.23. The normalized spacial score (nSPS) is 16.4. The molecule has 1 fully saturated rings. The average Bonchev–Trinajstić information content (AvgIpc) is 2.48. The lowest BCUT2D eigenvalue weighted by molar-refractivity contribution is -0.133. The molecule has 5 heteroatoms. The van der Waals surface area contributed by atoms with Crippen LogP contribution in [0.4, 0.5) is 0 Å². The van der Waals surface area contributed by atoms with Crippen LogP contribution in [-0.4, -0.2) is 41.9 Å². The molecule has 1 aliphatic rings. The van der Waals surface area contributed by atoms with Crippen molar-refractivity contribution >= 4 is 33.4 Å². The minimum Gasteiger partial charge on any atom is -0.377 e. The topological polar surface area (TPSA) is 29.5 Å². The predicted molar refractivity (Wildman–Crippen MR) is 84.5 cm³/mol. The van der Waals surface area contributed by atoms with Gasteiger partial charge in [-0.15, -0.1) is 0 Å². The Balaban J connectivity index is 1.82. The van der Waals surface area contributed by atoms with Crippen LogP contribution in [-0.2, 0) is 16.0 Å². The second-order valence-corrected chi connectivity index (χ2v) is 6.11. The Hall–Kier alpha value is -0.580. The summed E-state index contributed by atoms with van der Waals surface area (Å²) in [5, 5.41) is 1.52. The SMILES string of the molecule is O=C(Cc1ccccc1Cl)N1CCC(OCCBr)CC1. The largest absolute Gasteiger partial charge is 0.377 e. The highest BCUT2D eigenvalue weighted by Crippen LogP contribution is 2.19. The highest BCUT2D eigenvalue weighted by molar-refractivity contribution is 9.09. The number of hydrogen-bond donors (Lipinski definition) is 0. The Kier molecular flexibility index (Phi) is 6.33. The van der Waals surface area contributed by atoms with Gasteiger partial charge in [-0.1, -0.05) is 45.7 Å². The second-order valence-electron chi connectivity index (χ2n) is 4.91. The molecular weight excluding hydrogens is 342 g/mol. The molecule has 3 nitrogen and oxygen atoms in total. The number of amides is 1. The van der Waals surface area contributed by atoms with Crippen molar-refractivity contribution < 1.29 is 9.53 Å². The third-order valence-corrected chi connectivity index (χ3v) is 4.22. The fraction of sp³-hybridized carbons (Fsp3) is 0.533. The molecule has 1 amide bonds. The second kappa shape index (κ2) is 8.01. The van der Waals surface area contributed by atoms with Crippen molar-refractivity contribution in [2.75, 3.05) is 25.0 Å². The highest BCUT2D eigenvalue weighted by atomic mass is 79.9. The zero-order chi connectivity index (χ0) is 14.4. The van der Waals surface area contributed by atoms with E-state index >= 15 is 0 Å². The molecule has 2 rings (SSSR count). The van der Waals surface area contributed by atoms with Gasteiger partial charge in [0.05, 0.1) is 19.1 Å². The van der Waals surface area contributed by atoms with Crippen LogP contribution in [0.5, 0.6) is 0 Å². The molecule has 0 unspecified atom stereocenters. The maximum atomic E-state index is 12.3. The Morgan fingerprint density at radius 1 is 1.35 bits per heavy atom. The molecule has 0 bridgehead atoms. The molecule has 0 radical (unpaired) electrons. The molecule has 0 saturated carbocycles. The van der Waals surface area contributed by atoms with Gasteiger partial charge in [-0.3, -0.25) is 4.79 Å². The van der Waals surface area contributed by atoms with Gasteiger partial charge in [-0.05, 0) is 24.5 Å². The Labute approximate surface area is 133 Å². The van der Waals surface area contributed by atoms with E-state index in [4.69, 9.17) is 16.3 Å². The average molecular weight is 361 g/mol. The molecule has 1 aromatic carbocycles. The van der Waals surface area contributed by atoms with Gasteiger partial charge in [0.25, 0.3) is 0 Å². The number of likely N-dealkylation sites (tertiary alicyclic amines) is 1. The molecule has 0 aromatic heterocycles. The van der Waals surface area contributed by atoms with Gasteiger partial charge in [0.2, 0.25) is 5.91 Å². The smallest absolute Gasteiger partial charge is 0.227 e. The van der Waals surface area contributed by atoms with Crippen LogP contribution in [0.25, 0.3) is 0 Å². The van der Waals surface area contributed by atoms with Crippen LogP contribution < -0.4 is 0 Å². The zero-order valence-corrected chi connectivity index (χ0v) is 13.7. The minimum absolute atomic E-state index is 0.150. The van der Waals surface area contributed by atoms with E-state index in [-0.39, 0.29) is 12.0 Å². The first-order valence-electron chi connectivity index (χ1n) is 6.89. The van der Waals surface area contributed by atoms with Crippen molar-refractivity contribution in [3.05, 3.63) is 34.9 Å². The Morgan fingerprint density at radius 3 is 2.70 bits per heavy atom. The van der Waals surface area contributed by atoms with E-state index in [0.29, 0.717) is 11.4 Å². The van der Waals surface area contributed by atoms with E-state index in [1.807, 2.05) is 29.2 Å². The monoisotopic (exact) mass is 359 g/mol. The summed E-state index contributed by atoms with van der Waals surface area (Å²) >= 11 is 9.45.